The summed E-state index contributed by atoms with van der Waals surface area (Å²) in [7, 11) is 1.67. The zero-order chi connectivity index (χ0) is 20.7. The van der Waals surface area contributed by atoms with Crippen molar-refractivity contribution in [2.45, 2.75) is 26.6 Å². The molecular formula is C17H20N4O2. The van der Waals surface area contributed by atoms with Gasteiger partial charge in [0.15, 0.2) is 5.52 Å². The van der Waals surface area contributed by atoms with Gasteiger partial charge < -0.3 is 9.72 Å². The van der Waals surface area contributed by atoms with Crippen LogP contribution >= 0.6 is 0 Å². The third-order valence-electron chi connectivity index (χ3n) is 3.55. The summed E-state index contributed by atoms with van der Waals surface area (Å²) in [5.41, 5.74) is 1.36. The first-order chi connectivity index (χ1) is 13.0. The van der Waals surface area contributed by atoms with E-state index in [2.05, 4.69) is 15.1 Å². The summed E-state index contributed by atoms with van der Waals surface area (Å²) in [5.74, 6) is 0.117. The van der Waals surface area contributed by atoms with Gasteiger partial charge in [-0.2, -0.15) is 5.10 Å². The van der Waals surface area contributed by atoms with Gasteiger partial charge in [-0.1, -0.05) is 25.5 Å². The van der Waals surface area contributed by atoms with Gasteiger partial charge in [0, 0.05) is 11.2 Å². The number of benzene rings is 1. The molecule has 0 radical (unpaired) electrons. The van der Waals surface area contributed by atoms with E-state index in [4.69, 9.17) is 11.6 Å². The number of aromatic nitrogens is 4. The molecule has 2 heterocycles. The molecule has 0 unspecified atom stereocenters. The van der Waals surface area contributed by atoms with Crippen molar-refractivity contribution in [1.29, 1.82) is 0 Å². The van der Waals surface area contributed by atoms with E-state index in [1.54, 1.807) is 25.2 Å². The summed E-state index contributed by atoms with van der Waals surface area (Å²) in [4.78, 5) is 19.8. The number of rotatable bonds is 5. The zero-order valence-electron chi connectivity index (χ0n) is 17.9. The molecule has 0 saturated carbocycles. The number of aryl methyl sites for hydroxylation is 2. The number of ether oxygens (including phenoxy) is 1. The molecule has 2 aromatic heterocycles. The highest BCUT2D eigenvalue weighted by molar-refractivity contribution is 5.79. The molecule has 1 aromatic carbocycles. The molecule has 0 saturated heterocycles. The lowest BCUT2D eigenvalue weighted by atomic mass is 10.1. The predicted octanol–water partition coefficient (Wildman–Crippen LogP) is 2.67. The van der Waals surface area contributed by atoms with E-state index in [-0.39, 0.29) is 17.1 Å². The molecule has 0 aliphatic heterocycles. The molecule has 0 aliphatic carbocycles. The first-order valence-corrected chi connectivity index (χ1v) is 7.29. The van der Waals surface area contributed by atoms with Crippen molar-refractivity contribution in [3.8, 4) is 17.1 Å². The average molecular weight is 317 g/mol. The van der Waals surface area contributed by atoms with E-state index >= 15 is 0 Å². The van der Waals surface area contributed by atoms with Crippen LogP contribution in [0.5, 0.6) is 5.75 Å². The number of hydrogen-bond donors (Lipinski definition) is 1. The quantitative estimate of drug-likeness (QED) is 0.785. The molecule has 6 heteroatoms. The van der Waals surface area contributed by atoms with Crippen LogP contribution in [0, 0.1) is 0 Å². The molecule has 0 bridgehead atoms. The first kappa shape index (κ1) is 10.2. The predicted molar refractivity (Wildman–Crippen MR) is 89.7 cm³/mol. The highest BCUT2D eigenvalue weighted by atomic mass is 16.5. The maximum atomic E-state index is 12.6. The SMILES string of the molecule is [2H]C([2H])([2H])C([2H])([2H])Oc1ccccc1-c1nc2c(CCC)nn(C)c2c(=O)[nH]1. The minimum atomic E-state index is -2.98. The van der Waals surface area contributed by atoms with Crippen LogP contribution in [0.2, 0.25) is 0 Å². The van der Waals surface area contributed by atoms with Crippen LogP contribution in [0.15, 0.2) is 29.1 Å². The maximum absolute atomic E-state index is 12.6. The molecule has 6 nitrogen and oxygen atoms in total. The van der Waals surface area contributed by atoms with Crippen molar-refractivity contribution in [2.24, 2.45) is 7.05 Å². The Morgan fingerprint density at radius 3 is 3.04 bits per heavy atom. The van der Waals surface area contributed by atoms with E-state index in [1.807, 2.05) is 6.92 Å². The summed E-state index contributed by atoms with van der Waals surface area (Å²) in [6.07, 6.45) is 1.47. The lowest BCUT2D eigenvalue weighted by molar-refractivity contribution is 0.341. The third kappa shape index (κ3) is 2.72. The standard InChI is InChI=1S/C17H20N4O2/c1-4-8-12-14-15(21(3)20-12)17(22)19-16(18-14)11-9-6-7-10-13(11)23-5-2/h6-7,9-10H,4-5,8H2,1-3H3,(H,18,19,22)/i2D3,5D2. The second-order valence-electron chi connectivity index (χ2n) is 5.13. The number of aromatic amines is 1. The Kier molecular flexibility index (Phi) is 2.77. The van der Waals surface area contributed by atoms with Gasteiger partial charge in [-0.05, 0) is 25.4 Å². The van der Waals surface area contributed by atoms with E-state index < -0.39 is 19.0 Å². The molecule has 0 fully saturated rings. The number of H-pyrrole nitrogens is 1. The molecule has 1 N–H and O–H groups in total. The van der Waals surface area contributed by atoms with Crippen LogP contribution < -0.4 is 10.3 Å². The van der Waals surface area contributed by atoms with Crippen molar-refractivity contribution < 1.29 is 11.6 Å². The molecule has 0 aliphatic rings. The van der Waals surface area contributed by atoms with Gasteiger partial charge in [-0.15, -0.1) is 0 Å². The topological polar surface area (TPSA) is 72.8 Å². The van der Waals surface area contributed by atoms with E-state index in [0.717, 1.165) is 6.42 Å². The van der Waals surface area contributed by atoms with Gasteiger partial charge in [0.05, 0.1) is 20.6 Å². The minimum absolute atomic E-state index is 0.0351. The summed E-state index contributed by atoms with van der Waals surface area (Å²) in [6.45, 7) is -3.90. The molecule has 3 rings (SSSR count). The molecule has 23 heavy (non-hydrogen) atoms. The Balaban J connectivity index is 2.16. The van der Waals surface area contributed by atoms with Crippen molar-refractivity contribution >= 4 is 11.0 Å². The van der Waals surface area contributed by atoms with E-state index in [0.29, 0.717) is 23.1 Å². The van der Waals surface area contributed by atoms with Crippen LogP contribution in [-0.4, -0.2) is 26.3 Å². The fourth-order valence-corrected chi connectivity index (χ4v) is 2.59. The Bertz CT molecular complexity index is 1070. The van der Waals surface area contributed by atoms with Crippen LogP contribution in [-0.2, 0) is 13.5 Å². The van der Waals surface area contributed by atoms with Crippen molar-refractivity contribution in [3.05, 3.63) is 40.3 Å². The summed E-state index contributed by atoms with van der Waals surface area (Å²) < 4.78 is 44.1. The van der Waals surface area contributed by atoms with Gasteiger partial charge in [-0.25, -0.2) is 4.98 Å². The third-order valence-corrected chi connectivity index (χ3v) is 3.55. The molecule has 0 atom stereocenters. The van der Waals surface area contributed by atoms with Crippen molar-refractivity contribution in [2.75, 3.05) is 6.56 Å². The maximum Gasteiger partial charge on any atom is 0.277 e. The second kappa shape index (κ2) is 6.24. The number of para-hydroxylation sites is 1. The second-order valence-corrected chi connectivity index (χ2v) is 5.13. The fraction of sp³-hybridized carbons (Fsp3) is 0.353. The lowest BCUT2D eigenvalue weighted by Crippen LogP contribution is -2.12. The van der Waals surface area contributed by atoms with Gasteiger partial charge in [0.25, 0.3) is 5.56 Å². The van der Waals surface area contributed by atoms with Gasteiger partial charge in [-0.3, -0.25) is 9.48 Å². The normalized spacial score (nSPS) is 15.5. The highest BCUT2D eigenvalue weighted by Crippen LogP contribution is 2.27. The summed E-state index contributed by atoms with van der Waals surface area (Å²) in [6, 6.07) is 6.25. The molecule has 0 amide bonds. The number of fused-ring (bicyclic) bond motifs is 1. The highest BCUT2D eigenvalue weighted by Gasteiger charge is 2.16. The molecule has 120 valence electrons. The molecule has 0 spiro atoms. The van der Waals surface area contributed by atoms with Crippen LogP contribution in [0.3, 0.4) is 0 Å². The number of nitrogens with one attached hydrogen (secondary N) is 1. The first-order valence-electron chi connectivity index (χ1n) is 9.79. The Hall–Kier alpha value is -2.63. The van der Waals surface area contributed by atoms with Crippen molar-refractivity contribution in [1.82, 2.24) is 19.7 Å². The monoisotopic (exact) mass is 317 g/mol. The lowest BCUT2D eigenvalue weighted by Gasteiger charge is -2.09. The summed E-state index contributed by atoms with van der Waals surface area (Å²) >= 11 is 0. The van der Waals surface area contributed by atoms with E-state index in [9.17, 15) is 4.79 Å². The van der Waals surface area contributed by atoms with Crippen molar-refractivity contribution in [3.63, 3.8) is 0 Å². The molecular weight excluding hydrogens is 292 g/mol. The minimum Gasteiger partial charge on any atom is -0.493 e. The zero-order valence-corrected chi connectivity index (χ0v) is 12.9. The largest absolute Gasteiger partial charge is 0.493 e. The Morgan fingerprint density at radius 1 is 1.43 bits per heavy atom. The molecule has 3 aromatic rings. The van der Waals surface area contributed by atoms with Gasteiger partial charge >= 0.3 is 0 Å². The van der Waals surface area contributed by atoms with E-state index in [1.165, 1.54) is 10.7 Å². The van der Waals surface area contributed by atoms with Gasteiger partial charge in [0.1, 0.15) is 17.1 Å². The van der Waals surface area contributed by atoms with Gasteiger partial charge in [0.2, 0.25) is 0 Å². The Morgan fingerprint density at radius 2 is 2.26 bits per heavy atom. The number of hydrogen-bond acceptors (Lipinski definition) is 4. The Labute approximate surface area is 141 Å². The smallest absolute Gasteiger partial charge is 0.277 e. The van der Waals surface area contributed by atoms with Crippen LogP contribution in [0.4, 0.5) is 0 Å². The summed E-state index contributed by atoms with van der Waals surface area (Å²) in [5, 5.41) is 4.36. The van der Waals surface area contributed by atoms with Crippen LogP contribution in [0.25, 0.3) is 22.4 Å². The van der Waals surface area contributed by atoms with Crippen LogP contribution in [0.1, 0.15) is 32.7 Å². The fourth-order valence-electron chi connectivity index (χ4n) is 2.59. The number of nitrogens with zero attached hydrogens (tertiary/aromatic N) is 3. The average Bonchev–Trinajstić information content (AvgIpc) is 2.90.